The summed E-state index contributed by atoms with van der Waals surface area (Å²) in [5.74, 6) is -2.39. The minimum absolute atomic E-state index is 0.00801. The second-order valence-electron chi connectivity index (χ2n) is 13.6. The van der Waals surface area contributed by atoms with E-state index in [0.717, 1.165) is 18.2 Å². The van der Waals surface area contributed by atoms with Gasteiger partial charge >= 0.3 is 6.18 Å². The molecule has 1 fully saturated rings. The van der Waals surface area contributed by atoms with Gasteiger partial charge in [0.1, 0.15) is 18.1 Å². The van der Waals surface area contributed by atoms with Crippen LogP contribution in [0.5, 0.6) is 11.5 Å². The molecule has 0 atom stereocenters. The van der Waals surface area contributed by atoms with E-state index in [4.69, 9.17) is 14.2 Å². The van der Waals surface area contributed by atoms with Crippen molar-refractivity contribution in [3.63, 3.8) is 0 Å². The predicted molar refractivity (Wildman–Crippen MR) is 158 cm³/mol. The van der Waals surface area contributed by atoms with E-state index in [0.29, 0.717) is 37.6 Å². The SMILES string of the molecule is CC1(C)CN=C(Cc2cc(F)c(Oc3ccnc4c3c(C3(C(F)(F)F)CCC3)cn4COCC[Si](C)(C)C)c(F)c2)OC1. The summed E-state index contributed by atoms with van der Waals surface area (Å²) in [6.45, 7) is 12.1. The zero-order valence-corrected chi connectivity index (χ0v) is 26.2. The van der Waals surface area contributed by atoms with Gasteiger partial charge in [0, 0.05) is 38.9 Å². The molecule has 0 amide bonds. The number of pyridine rings is 1. The van der Waals surface area contributed by atoms with E-state index in [2.05, 4.69) is 29.6 Å². The molecule has 1 aliphatic carbocycles. The van der Waals surface area contributed by atoms with Crippen LogP contribution in [0.25, 0.3) is 11.0 Å². The highest BCUT2D eigenvalue weighted by atomic mass is 28.3. The van der Waals surface area contributed by atoms with Crippen molar-refractivity contribution in [2.45, 2.75) is 83.5 Å². The third kappa shape index (κ3) is 6.59. The van der Waals surface area contributed by atoms with Gasteiger partial charge in [-0.05, 0) is 48.2 Å². The Morgan fingerprint density at radius 3 is 2.35 bits per heavy atom. The fourth-order valence-corrected chi connectivity index (χ4v) is 6.14. The molecule has 0 bridgehead atoms. The van der Waals surface area contributed by atoms with Gasteiger partial charge in [0.2, 0.25) is 0 Å². The number of alkyl halides is 3. The topological polar surface area (TPSA) is 57.9 Å². The summed E-state index contributed by atoms with van der Waals surface area (Å²) < 4.78 is 93.1. The van der Waals surface area contributed by atoms with E-state index in [9.17, 15) is 13.2 Å². The van der Waals surface area contributed by atoms with Gasteiger partial charge in [-0.1, -0.05) is 39.9 Å². The molecule has 1 saturated carbocycles. The molecule has 43 heavy (non-hydrogen) atoms. The monoisotopic (exact) mass is 623 g/mol. The second kappa shape index (κ2) is 11.5. The van der Waals surface area contributed by atoms with Crippen molar-refractivity contribution in [1.29, 1.82) is 0 Å². The molecule has 2 aliphatic rings. The Labute approximate surface area is 249 Å². The summed E-state index contributed by atoms with van der Waals surface area (Å²) in [7, 11) is -1.38. The molecule has 0 saturated heterocycles. The summed E-state index contributed by atoms with van der Waals surface area (Å²) in [4.78, 5) is 8.73. The molecular weight excluding hydrogens is 585 g/mol. The molecule has 0 unspecified atom stereocenters. The molecule has 5 rings (SSSR count). The Morgan fingerprint density at radius 2 is 1.79 bits per heavy atom. The number of ether oxygens (including phenoxy) is 3. The Balaban J connectivity index is 1.49. The fraction of sp³-hybridized carbons (Fsp3) is 0.548. The minimum atomic E-state index is -4.53. The molecule has 12 heteroatoms. The highest BCUT2D eigenvalue weighted by molar-refractivity contribution is 6.76. The predicted octanol–water partition coefficient (Wildman–Crippen LogP) is 8.40. The highest BCUT2D eigenvalue weighted by Gasteiger charge is 2.60. The van der Waals surface area contributed by atoms with E-state index >= 15 is 8.78 Å². The Kier molecular flexibility index (Phi) is 8.40. The van der Waals surface area contributed by atoms with Crippen LogP contribution >= 0.6 is 0 Å². The number of hydrogen-bond acceptors (Lipinski definition) is 5. The summed E-state index contributed by atoms with van der Waals surface area (Å²) in [5, 5.41) is 0.0729. The number of benzene rings is 1. The molecule has 0 radical (unpaired) electrons. The fourth-order valence-electron chi connectivity index (χ4n) is 5.39. The Hall–Kier alpha value is -2.99. The van der Waals surface area contributed by atoms with E-state index in [1.54, 1.807) is 0 Å². The van der Waals surface area contributed by atoms with E-state index in [-0.39, 0.29) is 53.8 Å². The first-order valence-electron chi connectivity index (χ1n) is 14.5. The van der Waals surface area contributed by atoms with Gasteiger partial charge < -0.3 is 18.8 Å². The third-order valence-electron chi connectivity index (χ3n) is 8.15. The lowest BCUT2D eigenvalue weighted by Crippen LogP contribution is -2.47. The molecule has 3 heterocycles. The Morgan fingerprint density at radius 1 is 1.09 bits per heavy atom. The van der Waals surface area contributed by atoms with Crippen molar-refractivity contribution < 1.29 is 36.2 Å². The van der Waals surface area contributed by atoms with Crippen LogP contribution in [0.3, 0.4) is 0 Å². The standard InChI is InChI=1S/C31H38F5N3O3Si/c1-29(2)17-38-25(41-18-29)15-20-13-22(32)27(23(33)14-20)42-24-7-10-37-28-26(24)21(30(8-6-9-30)31(34,35)36)16-39(28)19-40-11-12-43(3,4)5/h7,10,13-14,16H,6,8-9,11-12,15,17-19H2,1-5H3. The largest absolute Gasteiger partial charge is 0.480 e. The van der Waals surface area contributed by atoms with Crippen molar-refractivity contribution >= 4 is 25.0 Å². The Bertz CT molecular complexity index is 1500. The quantitative estimate of drug-likeness (QED) is 0.129. The molecule has 3 aromatic rings. The number of fused-ring (bicyclic) bond motifs is 1. The van der Waals surface area contributed by atoms with Crippen LogP contribution in [0.2, 0.25) is 25.7 Å². The van der Waals surface area contributed by atoms with Crippen LogP contribution in [0.4, 0.5) is 22.0 Å². The lowest BCUT2D eigenvalue weighted by Gasteiger charge is -2.43. The maximum absolute atomic E-state index is 15.3. The molecular formula is C31H38F5N3O3Si. The van der Waals surface area contributed by atoms with Crippen LogP contribution in [0, 0.1) is 17.0 Å². The second-order valence-corrected chi connectivity index (χ2v) is 19.3. The first-order chi connectivity index (χ1) is 20.1. The van der Waals surface area contributed by atoms with Crippen LogP contribution in [-0.2, 0) is 28.0 Å². The average Bonchev–Trinajstić information content (AvgIpc) is 3.22. The van der Waals surface area contributed by atoms with Crippen molar-refractivity contribution in [3.8, 4) is 11.5 Å². The molecule has 1 aliphatic heterocycles. The smallest absolute Gasteiger partial charge is 0.398 e. The van der Waals surface area contributed by atoms with Crippen molar-refractivity contribution in [2.24, 2.45) is 10.4 Å². The van der Waals surface area contributed by atoms with E-state index in [1.165, 1.54) is 23.0 Å². The molecule has 2 aromatic heterocycles. The lowest BCUT2D eigenvalue weighted by molar-refractivity contribution is -0.212. The maximum atomic E-state index is 15.3. The van der Waals surface area contributed by atoms with Gasteiger partial charge in [-0.2, -0.15) is 13.2 Å². The normalized spacial score (nSPS) is 18.2. The molecule has 0 N–H and O–H groups in total. The summed E-state index contributed by atoms with van der Waals surface area (Å²) in [5.41, 5.74) is -1.75. The number of nitrogens with zero attached hydrogens (tertiary/aromatic N) is 3. The molecule has 0 spiro atoms. The van der Waals surface area contributed by atoms with Gasteiger partial charge in [-0.25, -0.2) is 13.8 Å². The van der Waals surface area contributed by atoms with Crippen molar-refractivity contribution in [1.82, 2.24) is 9.55 Å². The maximum Gasteiger partial charge on any atom is 0.398 e. The third-order valence-corrected chi connectivity index (χ3v) is 9.85. The molecule has 6 nitrogen and oxygen atoms in total. The number of rotatable bonds is 10. The number of aromatic nitrogens is 2. The molecule has 234 valence electrons. The molecule has 1 aromatic carbocycles. The van der Waals surface area contributed by atoms with Crippen molar-refractivity contribution in [3.05, 3.63) is 53.4 Å². The average molecular weight is 624 g/mol. The van der Waals surface area contributed by atoms with Gasteiger partial charge in [-0.15, -0.1) is 0 Å². The number of aliphatic imine (C=N–C) groups is 1. The highest BCUT2D eigenvalue weighted by Crippen LogP contribution is 2.57. The van der Waals surface area contributed by atoms with Gasteiger partial charge in [-0.3, -0.25) is 4.99 Å². The number of hydrogen-bond donors (Lipinski definition) is 0. The van der Waals surface area contributed by atoms with Gasteiger partial charge in [0.05, 0.1) is 24.0 Å². The zero-order valence-electron chi connectivity index (χ0n) is 25.2. The van der Waals surface area contributed by atoms with Gasteiger partial charge in [0.25, 0.3) is 0 Å². The lowest BCUT2D eigenvalue weighted by atomic mass is 9.64. The minimum Gasteiger partial charge on any atom is -0.480 e. The van der Waals surface area contributed by atoms with Gasteiger partial charge in [0.15, 0.2) is 23.3 Å². The summed E-state index contributed by atoms with van der Waals surface area (Å²) in [6, 6.07) is 4.48. The summed E-state index contributed by atoms with van der Waals surface area (Å²) in [6.07, 6.45) is -1.45. The van der Waals surface area contributed by atoms with E-state index < -0.39 is 37.0 Å². The van der Waals surface area contributed by atoms with Crippen LogP contribution in [0.15, 0.2) is 35.6 Å². The van der Waals surface area contributed by atoms with Crippen LogP contribution in [0.1, 0.15) is 44.2 Å². The number of halogens is 5. The first-order valence-corrected chi connectivity index (χ1v) is 18.2. The van der Waals surface area contributed by atoms with Crippen LogP contribution in [-0.4, -0.2) is 49.5 Å². The van der Waals surface area contributed by atoms with E-state index in [1.807, 2.05) is 13.8 Å². The van der Waals surface area contributed by atoms with Crippen molar-refractivity contribution in [2.75, 3.05) is 19.8 Å². The van der Waals surface area contributed by atoms with Crippen LogP contribution < -0.4 is 4.74 Å². The first kappa shape index (κ1) is 31.4. The zero-order chi connectivity index (χ0) is 31.2. The summed E-state index contributed by atoms with van der Waals surface area (Å²) >= 11 is 0.